The number of hydrogen-bond acceptors (Lipinski definition) is 4. The van der Waals surface area contributed by atoms with Gasteiger partial charge in [-0.05, 0) is 25.5 Å². The zero-order chi connectivity index (χ0) is 16.9. The van der Waals surface area contributed by atoms with Crippen LogP contribution in [0.2, 0.25) is 0 Å². The van der Waals surface area contributed by atoms with E-state index in [4.69, 9.17) is 10.8 Å². The van der Waals surface area contributed by atoms with E-state index in [0.717, 1.165) is 12.8 Å². The van der Waals surface area contributed by atoms with Gasteiger partial charge < -0.3 is 10.8 Å². The molecule has 0 saturated carbocycles. The minimum Gasteiger partial charge on any atom is -0.480 e. The minimum absolute atomic E-state index is 0.0972. The number of aliphatic carboxylic acids is 1. The fourth-order valence-corrected chi connectivity index (χ4v) is 1.26. The van der Waals surface area contributed by atoms with Crippen LogP contribution in [0.25, 0.3) is 0 Å². The summed E-state index contributed by atoms with van der Waals surface area (Å²) in [4.78, 5) is 35.1. The number of unbranched alkanes of at least 4 members (excludes halogenated alkanes) is 1. The molecular weight excluding hydrogens is 342 g/mol. The highest BCUT2D eigenvalue weighted by Crippen LogP contribution is 2.26. The quantitative estimate of drug-likeness (QED) is 0.472. The first-order valence-electron chi connectivity index (χ1n) is 6.73. The molecule has 122 valence electrons. The van der Waals surface area contributed by atoms with Crippen LogP contribution in [0, 0.1) is 0 Å². The first-order valence-corrected chi connectivity index (χ1v) is 7.52. The van der Waals surface area contributed by atoms with E-state index < -0.39 is 16.3 Å². The predicted octanol–water partition coefficient (Wildman–Crippen LogP) is 2.08. The molecule has 0 spiro atoms. The van der Waals surface area contributed by atoms with Gasteiger partial charge >= 0.3 is 12.0 Å². The van der Waals surface area contributed by atoms with Crippen LogP contribution in [0.4, 0.5) is 4.79 Å². The second-order valence-corrected chi connectivity index (χ2v) is 5.71. The summed E-state index contributed by atoms with van der Waals surface area (Å²) in [5, 5.41) is 10.1. The molecule has 0 aliphatic heterocycles. The number of carbonyl (C=O) groups is 3. The minimum atomic E-state index is -0.873. The predicted molar refractivity (Wildman–Crippen MR) is 85.9 cm³/mol. The summed E-state index contributed by atoms with van der Waals surface area (Å²) in [6.07, 6.45) is 4.76. The molecule has 0 unspecified atom stereocenters. The van der Waals surface area contributed by atoms with E-state index in [9.17, 15) is 14.4 Å². The van der Waals surface area contributed by atoms with Gasteiger partial charge in [0, 0.05) is 0 Å². The van der Waals surface area contributed by atoms with Gasteiger partial charge in [-0.3, -0.25) is 19.9 Å². The SMILES string of the molecule is CCC(Br)(CC)C(=O)NC(N)=O.CCC/C=N/CC(=O)O. The second kappa shape index (κ2) is 12.3. The number of primary amides is 1. The lowest BCUT2D eigenvalue weighted by molar-refractivity contribution is -0.135. The molecule has 0 aromatic heterocycles. The number of nitrogens with zero attached hydrogens (tertiary/aromatic N) is 1. The number of hydrogen-bond donors (Lipinski definition) is 3. The van der Waals surface area contributed by atoms with E-state index in [0.29, 0.717) is 12.8 Å². The van der Waals surface area contributed by atoms with Gasteiger partial charge in [-0.15, -0.1) is 0 Å². The maximum atomic E-state index is 11.3. The molecule has 0 aliphatic carbocycles. The fourth-order valence-electron chi connectivity index (χ4n) is 1.16. The lowest BCUT2D eigenvalue weighted by Gasteiger charge is -2.21. The van der Waals surface area contributed by atoms with E-state index in [1.807, 2.05) is 26.1 Å². The fraction of sp³-hybridized carbons (Fsp3) is 0.692. The Morgan fingerprint density at radius 1 is 1.29 bits per heavy atom. The van der Waals surface area contributed by atoms with Crippen LogP contribution < -0.4 is 11.1 Å². The third kappa shape index (κ3) is 12.0. The number of nitrogens with one attached hydrogen (secondary N) is 1. The van der Waals surface area contributed by atoms with Crippen molar-refractivity contribution in [3.05, 3.63) is 0 Å². The van der Waals surface area contributed by atoms with E-state index in [-0.39, 0.29) is 12.5 Å². The van der Waals surface area contributed by atoms with E-state index >= 15 is 0 Å². The summed E-state index contributed by atoms with van der Waals surface area (Å²) in [7, 11) is 0. The number of aliphatic imine (C=N–C) groups is 1. The van der Waals surface area contributed by atoms with E-state index in [1.165, 1.54) is 0 Å². The van der Waals surface area contributed by atoms with E-state index in [1.54, 1.807) is 6.21 Å². The summed E-state index contributed by atoms with van der Waals surface area (Å²) in [6, 6.07) is -0.814. The number of carbonyl (C=O) groups excluding carboxylic acids is 2. The van der Waals surface area contributed by atoms with Crippen molar-refractivity contribution in [2.75, 3.05) is 6.54 Å². The molecule has 4 N–H and O–H groups in total. The van der Waals surface area contributed by atoms with Crippen molar-refractivity contribution in [2.24, 2.45) is 10.7 Å². The van der Waals surface area contributed by atoms with Gasteiger partial charge in [-0.2, -0.15) is 0 Å². The molecule has 0 radical (unpaired) electrons. The highest BCUT2D eigenvalue weighted by Gasteiger charge is 2.32. The molecule has 0 saturated heterocycles. The first kappa shape index (κ1) is 21.9. The van der Waals surface area contributed by atoms with Crippen molar-refractivity contribution in [3.63, 3.8) is 0 Å². The van der Waals surface area contributed by atoms with Crippen LogP contribution in [0.1, 0.15) is 46.5 Å². The van der Waals surface area contributed by atoms with Gasteiger partial charge in [0.05, 0.1) is 0 Å². The summed E-state index contributed by atoms with van der Waals surface area (Å²) in [5.41, 5.74) is 4.81. The molecular formula is C13H24BrN3O4. The molecule has 0 rings (SSSR count). The van der Waals surface area contributed by atoms with Crippen LogP contribution in [-0.4, -0.2) is 40.1 Å². The number of carboxylic acids is 1. The zero-order valence-electron chi connectivity index (χ0n) is 12.7. The Balaban J connectivity index is 0. The Bertz CT molecular complexity index is 368. The third-order valence-corrected chi connectivity index (χ3v) is 4.02. The molecule has 0 aliphatic rings. The maximum absolute atomic E-state index is 11.3. The maximum Gasteiger partial charge on any atom is 0.325 e. The van der Waals surface area contributed by atoms with Gasteiger partial charge in [0.2, 0.25) is 5.91 Å². The summed E-state index contributed by atoms with van der Waals surface area (Å²) >= 11 is 3.26. The highest BCUT2D eigenvalue weighted by atomic mass is 79.9. The normalized spacial score (nSPS) is 10.7. The Labute approximate surface area is 133 Å². The monoisotopic (exact) mass is 365 g/mol. The molecule has 0 aromatic carbocycles. The zero-order valence-corrected chi connectivity index (χ0v) is 14.3. The van der Waals surface area contributed by atoms with Crippen molar-refractivity contribution < 1.29 is 19.5 Å². The molecule has 0 heterocycles. The van der Waals surface area contributed by atoms with Crippen molar-refractivity contribution in [1.29, 1.82) is 0 Å². The van der Waals surface area contributed by atoms with Crippen LogP contribution in [-0.2, 0) is 9.59 Å². The van der Waals surface area contributed by atoms with Crippen molar-refractivity contribution in [2.45, 2.75) is 50.8 Å². The summed E-state index contributed by atoms with van der Waals surface area (Å²) < 4.78 is -0.665. The molecule has 8 heteroatoms. The highest BCUT2D eigenvalue weighted by molar-refractivity contribution is 9.10. The number of nitrogens with two attached hydrogens (primary N) is 1. The van der Waals surface area contributed by atoms with Gasteiger partial charge in [-0.1, -0.05) is 43.1 Å². The van der Waals surface area contributed by atoms with Gasteiger partial charge in [0.15, 0.2) is 0 Å². The van der Waals surface area contributed by atoms with Gasteiger partial charge in [0.25, 0.3) is 0 Å². The topological polar surface area (TPSA) is 122 Å². The molecule has 0 atom stereocenters. The van der Waals surface area contributed by atoms with Crippen LogP contribution in [0.15, 0.2) is 4.99 Å². The smallest absolute Gasteiger partial charge is 0.325 e. The number of imide groups is 1. The number of halogens is 1. The number of carboxylic acid groups (broad SMARTS) is 1. The van der Waals surface area contributed by atoms with Crippen molar-refractivity contribution >= 4 is 40.1 Å². The molecule has 0 fully saturated rings. The average Bonchev–Trinajstić information content (AvgIpc) is 2.42. The lowest BCUT2D eigenvalue weighted by Crippen LogP contribution is -2.46. The summed E-state index contributed by atoms with van der Waals surface area (Å²) in [5.74, 6) is -1.25. The first-order chi connectivity index (χ1) is 9.73. The number of alkyl halides is 1. The molecule has 0 aromatic rings. The van der Waals surface area contributed by atoms with Crippen LogP contribution in [0.3, 0.4) is 0 Å². The molecule has 7 nitrogen and oxygen atoms in total. The largest absolute Gasteiger partial charge is 0.480 e. The lowest BCUT2D eigenvalue weighted by atomic mass is 10.0. The van der Waals surface area contributed by atoms with Gasteiger partial charge in [0.1, 0.15) is 10.9 Å². The summed E-state index contributed by atoms with van der Waals surface area (Å²) in [6.45, 7) is 5.64. The Hall–Kier alpha value is -1.44. The standard InChI is InChI=1S/C7H13BrN2O2.C6H11NO2/c1-3-7(8,4-2)5(11)10-6(9)12;1-2-3-4-7-5-6(8)9/h3-4H2,1-2H3,(H3,9,10,11,12);4H,2-3,5H2,1H3,(H,8,9)/b;7-4+. The van der Waals surface area contributed by atoms with Crippen LogP contribution in [0.5, 0.6) is 0 Å². The third-order valence-electron chi connectivity index (χ3n) is 2.54. The molecule has 3 amide bonds. The van der Waals surface area contributed by atoms with E-state index in [2.05, 4.69) is 20.9 Å². The number of urea groups is 1. The van der Waals surface area contributed by atoms with Crippen molar-refractivity contribution in [3.8, 4) is 0 Å². The molecule has 0 bridgehead atoms. The Morgan fingerprint density at radius 3 is 2.14 bits per heavy atom. The Kier molecular flexibility index (Phi) is 12.8. The average molecular weight is 366 g/mol. The van der Waals surface area contributed by atoms with Gasteiger partial charge in [-0.25, -0.2) is 4.79 Å². The van der Waals surface area contributed by atoms with Crippen molar-refractivity contribution in [1.82, 2.24) is 5.32 Å². The number of rotatable bonds is 7. The van der Waals surface area contributed by atoms with Crippen LogP contribution >= 0.6 is 15.9 Å². The molecule has 21 heavy (non-hydrogen) atoms. The number of amides is 3. The Morgan fingerprint density at radius 2 is 1.81 bits per heavy atom. The second-order valence-electron chi connectivity index (χ2n) is 4.20.